The van der Waals surface area contributed by atoms with Crippen LogP contribution in [0.25, 0.3) is 0 Å². The van der Waals surface area contributed by atoms with Gasteiger partial charge in [-0.05, 0) is 11.6 Å². The number of halogens is 3. The van der Waals surface area contributed by atoms with Gasteiger partial charge >= 0.3 is 5.92 Å². The number of hydrogen-bond donors (Lipinski definition) is 1. The Labute approximate surface area is 78.4 Å². The van der Waals surface area contributed by atoms with Gasteiger partial charge in [0.2, 0.25) is 17.1 Å². The summed E-state index contributed by atoms with van der Waals surface area (Å²) in [6.45, 7) is 0.693. The quantitative estimate of drug-likeness (QED) is 0.804. The Balaban J connectivity index is 3.16. The number of rotatable bonds is 2. The van der Waals surface area contributed by atoms with Crippen molar-refractivity contribution in [3.8, 4) is 0 Å². The summed E-state index contributed by atoms with van der Waals surface area (Å²) in [6, 6.07) is 0. The standard InChI is InChI=1S/C6H7ClF2N4/c1-6(8,9)3-11-4(7)13-5(10-2)12-3/h1-2H3,(H,10,11,12,13). The zero-order valence-corrected chi connectivity index (χ0v) is 7.73. The molecule has 13 heavy (non-hydrogen) atoms. The van der Waals surface area contributed by atoms with E-state index in [1.54, 1.807) is 0 Å². The Morgan fingerprint density at radius 1 is 1.31 bits per heavy atom. The third-order valence-electron chi connectivity index (χ3n) is 1.22. The summed E-state index contributed by atoms with van der Waals surface area (Å²) in [4.78, 5) is 10.3. The van der Waals surface area contributed by atoms with Crippen molar-refractivity contribution in [2.75, 3.05) is 12.4 Å². The van der Waals surface area contributed by atoms with Crippen LogP contribution in [0.15, 0.2) is 0 Å². The second-order valence-electron chi connectivity index (χ2n) is 2.39. The fraction of sp³-hybridized carbons (Fsp3) is 0.500. The fourth-order valence-corrected chi connectivity index (χ4v) is 0.818. The molecule has 1 heterocycles. The van der Waals surface area contributed by atoms with Gasteiger partial charge in [0.05, 0.1) is 0 Å². The molecule has 0 atom stereocenters. The summed E-state index contributed by atoms with van der Waals surface area (Å²) in [5.74, 6) is -3.73. The van der Waals surface area contributed by atoms with Crippen LogP contribution in [0.4, 0.5) is 14.7 Å². The highest BCUT2D eigenvalue weighted by Gasteiger charge is 2.29. The Kier molecular flexibility index (Phi) is 2.60. The van der Waals surface area contributed by atoms with Gasteiger partial charge < -0.3 is 5.32 Å². The number of hydrogen-bond acceptors (Lipinski definition) is 4. The summed E-state index contributed by atoms with van der Waals surface area (Å²) >= 11 is 5.40. The minimum absolute atomic E-state index is 0.0246. The number of anilines is 1. The first kappa shape index (κ1) is 10.0. The smallest absolute Gasteiger partial charge is 0.304 e. The first-order chi connectivity index (χ1) is 5.93. The third-order valence-corrected chi connectivity index (χ3v) is 1.39. The molecule has 0 aliphatic rings. The van der Waals surface area contributed by atoms with Crippen molar-refractivity contribution in [2.45, 2.75) is 12.8 Å². The van der Waals surface area contributed by atoms with Gasteiger partial charge in [-0.2, -0.15) is 23.7 Å². The molecule has 0 saturated heterocycles. The zero-order chi connectivity index (χ0) is 10.1. The van der Waals surface area contributed by atoms with Crippen molar-refractivity contribution in [1.82, 2.24) is 15.0 Å². The maximum Gasteiger partial charge on any atom is 0.304 e. The van der Waals surface area contributed by atoms with E-state index >= 15 is 0 Å². The Morgan fingerprint density at radius 2 is 1.92 bits per heavy atom. The van der Waals surface area contributed by atoms with Gasteiger partial charge in [-0.25, -0.2) is 0 Å². The molecule has 0 saturated carbocycles. The second kappa shape index (κ2) is 3.37. The fourth-order valence-electron chi connectivity index (χ4n) is 0.658. The summed E-state index contributed by atoms with van der Waals surface area (Å²) in [5, 5.41) is 2.25. The van der Waals surface area contributed by atoms with Crippen molar-refractivity contribution in [3.05, 3.63) is 11.1 Å². The molecule has 0 aliphatic carbocycles. The van der Waals surface area contributed by atoms with Crippen LogP contribution in [0.1, 0.15) is 12.7 Å². The molecular formula is C6H7ClF2N4. The Hall–Kier alpha value is -1.04. The van der Waals surface area contributed by atoms with E-state index in [2.05, 4.69) is 20.3 Å². The van der Waals surface area contributed by atoms with Gasteiger partial charge in [0.1, 0.15) is 0 Å². The molecule has 7 heteroatoms. The molecule has 1 N–H and O–H groups in total. The molecule has 0 unspecified atom stereocenters. The van der Waals surface area contributed by atoms with Gasteiger partial charge in [-0.3, -0.25) is 0 Å². The van der Waals surface area contributed by atoms with Crippen LogP contribution < -0.4 is 5.32 Å². The van der Waals surface area contributed by atoms with Crippen LogP contribution in [0.2, 0.25) is 5.28 Å². The SMILES string of the molecule is CNc1nc(Cl)nc(C(C)(F)F)n1. The average molecular weight is 209 g/mol. The molecule has 1 aromatic heterocycles. The lowest BCUT2D eigenvalue weighted by Gasteiger charge is -2.09. The molecule has 72 valence electrons. The van der Waals surface area contributed by atoms with Gasteiger partial charge in [-0.1, -0.05) is 0 Å². The summed E-state index contributed by atoms with van der Waals surface area (Å²) in [6.07, 6.45) is 0. The molecule has 0 spiro atoms. The van der Waals surface area contributed by atoms with Crippen molar-refractivity contribution >= 4 is 17.5 Å². The molecule has 0 fully saturated rings. The number of nitrogens with zero attached hydrogens (tertiary/aromatic N) is 3. The highest BCUT2D eigenvalue weighted by atomic mass is 35.5. The lowest BCUT2D eigenvalue weighted by Crippen LogP contribution is -2.15. The number of alkyl halides is 2. The first-order valence-electron chi connectivity index (χ1n) is 3.41. The van der Waals surface area contributed by atoms with Crippen molar-refractivity contribution in [1.29, 1.82) is 0 Å². The van der Waals surface area contributed by atoms with Crippen molar-refractivity contribution in [3.63, 3.8) is 0 Å². The van der Waals surface area contributed by atoms with Crippen LogP contribution >= 0.6 is 11.6 Å². The lowest BCUT2D eigenvalue weighted by atomic mass is 10.4. The van der Waals surface area contributed by atoms with E-state index in [0.29, 0.717) is 6.92 Å². The lowest BCUT2D eigenvalue weighted by molar-refractivity contribution is 0.00762. The van der Waals surface area contributed by atoms with E-state index in [0.717, 1.165) is 0 Å². The minimum Gasteiger partial charge on any atom is -0.357 e. The largest absolute Gasteiger partial charge is 0.357 e. The molecule has 1 rings (SSSR count). The maximum atomic E-state index is 12.7. The van der Waals surface area contributed by atoms with Crippen molar-refractivity contribution < 1.29 is 8.78 Å². The summed E-state index contributed by atoms with van der Waals surface area (Å²) in [5.41, 5.74) is 0. The second-order valence-corrected chi connectivity index (χ2v) is 2.73. The van der Waals surface area contributed by atoms with E-state index in [9.17, 15) is 8.78 Å². The topological polar surface area (TPSA) is 50.7 Å². The summed E-state index contributed by atoms with van der Waals surface area (Å²) in [7, 11) is 1.50. The highest BCUT2D eigenvalue weighted by Crippen LogP contribution is 2.24. The Morgan fingerprint density at radius 3 is 2.38 bits per heavy atom. The third kappa shape index (κ3) is 2.45. The molecule has 1 aromatic rings. The number of nitrogens with one attached hydrogen (secondary N) is 1. The molecule has 0 bridgehead atoms. The molecule has 0 amide bonds. The molecule has 4 nitrogen and oxygen atoms in total. The molecule has 0 aliphatic heterocycles. The van der Waals surface area contributed by atoms with Gasteiger partial charge in [-0.15, -0.1) is 0 Å². The summed E-state index contributed by atoms with van der Waals surface area (Å²) < 4.78 is 25.4. The molecular weight excluding hydrogens is 202 g/mol. The van der Waals surface area contributed by atoms with Crippen LogP contribution in [0.5, 0.6) is 0 Å². The van der Waals surface area contributed by atoms with Crippen LogP contribution in [0, 0.1) is 0 Å². The number of aromatic nitrogens is 3. The maximum absolute atomic E-state index is 12.7. The van der Waals surface area contributed by atoms with Crippen LogP contribution in [-0.4, -0.2) is 22.0 Å². The minimum atomic E-state index is -3.11. The zero-order valence-electron chi connectivity index (χ0n) is 6.98. The normalized spacial score (nSPS) is 11.5. The van der Waals surface area contributed by atoms with Gasteiger partial charge in [0.25, 0.3) is 0 Å². The predicted molar refractivity (Wildman–Crippen MR) is 44.0 cm³/mol. The predicted octanol–water partition coefficient (Wildman–Crippen LogP) is 1.68. The van der Waals surface area contributed by atoms with E-state index in [4.69, 9.17) is 11.6 Å². The Bertz CT molecular complexity index is 312. The van der Waals surface area contributed by atoms with Crippen LogP contribution in [0.3, 0.4) is 0 Å². The molecule has 0 radical (unpaired) electrons. The van der Waals surface area contributed by atoms with E-state index in [1.165, 1.54) is 7.05 Å². The van der Waals surface area contributed by atoms with Crippen molar-refractivity contribution in [2.24, 2.45) is 0 Å². The van der Waals surface area contributed by atoms with E-state index < -0.39 is 11.7 Å². The van der Waals surface area contributed by atoms with E-state index in [1.807, 2.05) is 0 Å². The van der Waals surface area contributed by atoms with Gasteiger partial charge in [0.15, 0.2) is 0 Å². The van der Waals surface area contributed by atoms with Crippen LogP contribution in [-0.2, 0) is 5.92 Å². The average Bonchev–Trinajstić information content (AvgIpc) is 2.01. The molecule has 0 aromatic carbocycles. The monoisotopic (exact) mass is 208 g/mol. The van der Waals surface area contributed by atoms with E-state index in [-0.39, 0.29) is 11.2 Å². The van der Waals surface area contributed by atoms with Gasteiger partial charge in [0, 0.05) is 14.0 Å². The first-order valence-corrected chi connectivity index (χ1v) is 3.79. The highest BCUT2D eigenvalue weighted by molar-refractivity contribution is 6.28.